The van der Waals surface area contributed by atoms with E-state index in [9.17, 15) is 4.39 Å². The zero-order valence-corrected chi connectivity index (χ0v) is 16.2. The van der Waals surface area contributed by atoms with Crippen molar-refractivity contribution in [1.29, 1.82) is 0 Å². The Hall–Kier alpha value is -2.37. The van der Waals surface area contributed by atoms with Crippen LogP contribution in [0.15, 0.2) is 30.3 Å². The van der Waals surface area contributed by atoms with Gasteiger partial charge in [-0.2, -0.15) is 0 Å². The Bertz CT molecular complexity index is 771. The quantitative estimate of drug-likeness (QED) is 0.828. The third-order valence-electron chi connectivity index (χ3n) is 5.59. The van der Waals surface area contributed by atoms with Crippen LogP contribution in [0.25, 0.3) is 0 Å². The number of hydrogen-bond donors (Lipinski definition) is 0. The lowest BCUT2D eigenvalue weighted by atomic mass is 10.0. The van der Waals surface area contributed by atoms with Crippen LogP contribution in [0.1, 0.15) is 25.6 Å². The number of aromatic nitrogens is 2. The van der Waals surface area contributed by atoms with Gasteiger partial charge < -0.3 is 14.7 Å². The van der Waals surface area contributed by atoms with E-state index in [2.05, 4.69) is 27.7 Å². The smallest absolute Gasteiger partial charge is 0.134 e. The van der Waals surface area contributed by atoms with E-state index >= 15 is 0 Å². The van der Waals surface area contributed by atoms with Crippen molar-refractivity contribution in [1.82, 2.24) is 9.97 Å². The van der Waals surface area contributed by atoms with Crippen molar-refractivity contribution in [2.75, 3.05) is 54.0 Å². The summed E-state index contributed by atoms with van der Waals surface area (Å²) < 4.78 is 13.1. The summed E-state index contributed by atoms with van der Waals surface area (Å²) in [6.45, 7) is 10.1. The van der Waals surface area contributed by atoms with Gasteiger partial charge in [-0.05, 0) is 49.9 Å². The molecule has 1 unspecified atom stereocenters. The lowest BCUT2D eigenvalue weighted by Gasteiger charge is -2.37. The molecule has 144 valence electrons. The van der Waals surface area contributed by atoms with Crippen molar-refractivity contribution in [3.05, 3.63) is 42.0 Å². The summed E-state index contributed by atoms with van der Waals surface area (Å²) in [5.74, 6) is 3.45. The van der Waals surface area contributed by atoms with Gasteiger partial charge in [0.25, 0.3) is 0 Å². The van der Waals surface area contributed by atoms with E-state index in [4.69, 9.17) is 9.97 Å². The molecule has 5 nitrogen and oxygen atoms in total. The Morgan fingerprint density at radius 3 is 2.19 bits per heavy atom. The molecule has 0 aliphatic carbocycles. The molecule has 0 radical (unpaired) electrons. The maximum atomic E-state index is 13.1. The maximum absolute atomic E-state index is 13.1. The van der Waals surface area contributed by atoms with Crippen molar-refractivity contribution in [3.63, 3.8) is 0 Å². The molecule has 0 bridgehead atoms. The van der Waals surface area contributed by atoms with Crippen LogP contribution in [0.3, 0.4) is 0 Å². The Morgan fingerprint density at radius 1 is 0.889 bits per heavy atom. The van der Waals surface area contributed by atoms with E-state index in [1.54, 1.807) is 0 Å². The van der Waals surface area contributed by atoms with Crippen LogP contribution in [-0.2, 0) is 0 Å². The summed E-state index contributed by atoms with van der Waals surface area (Å²) in [6, 6.07) is 8.92. The molecule has 2 aliphatic rings. The van der Waals surface area contributed by atoms with Gasteiger partial charge in [-0.15, -0.1) is 0 Å². The highest BCUT2D eigenvalue weighted by molar-refractivity contribution is 5.54. The Labute approximate surface area is 160 Å². The van der Waals surface area contributed by atoms with Crippen LogP contribution in [0.4, 0.5) is 21.7 Å². The van der Waals surface area contributed by atoms with Crippen LogP contribution < -0.4 is 14.7 Å². The second-order valence-electron chi connectivity index (χ2n) is 7.78. The van der Waals surface area contributed by atoms with Gasteiger partial charge in [0.1, 0.15) is 23.3 Å². The van der Waals surface area contributed by atoms with E-state index in [1.807, 2.05) is 19.1 Å². The molecular weight excluding hydrogens is 341 g/mol. The molecule has 27 heavy (non-hydrogen) atoms. The SMILES string of the molecule is Cc1nc(N2CCN(c3ccc(F)cc3)CC2)cc(N2CCCC(C)C2)n1. The van der Waals surface area contributed by atoms with E-state index in [1.165, 1.54) is 25.0 Å². The minimum absolute atomic E-state index is 0.187. The van der Waals surface area contributed by atoms with Gasteiger partial charge in [-0.1, -0.05) is 6.92 Å². The molecule has 0 N–H and O–H groups in total. The number of nitrogens with zero attached hydrogens (tertiary/aromatic N) is 5. The van der Waals surface area contributed by atoms with Crippen LogP contribution >= 0.6 is 0 Å². The van der Waals surface area contributed by atoms with Gasteiger partial charge >= 0.3 is 0 Å². The number of piperidine rings is 1. The van der Waals surface area contributed by atoms with Gasteiger partial charge in [0.15, 0.2) is 0 Å². The summed E-state index contributed by atoms with van der Waals surface area (Å²) in [5.41, 5.74) is 1.08. The number of hydrogen-bond acceptors (Lipinski definition) is 5. The Morgan fingerprint density at radius 2 is 1.52 bits per heavy atom. The van der Waals surface area contributed by atoms with Gasteiger partial charge in [-0.3, -0.25) is 0 Å². The molecular formula is C21H28FN5. The first-order chi connectivity index (χ1) is 13.1. The standard InChI is InChI=1S/C21H28FN5/c1-16-4-3-9-27(15-16)21-14-20(23-17(2)24-21)26-12-10-25(11-13-26)19-7-5-18(22)6-8-19/h5-8,14,16H,3-4,9-13,15H2,1-2H3. The molecule has 0 saturated carbocycles. The second-order valence-corrected chi connectivity index (χ2v) is 7.78. The fourth-order valence-electron chi connectivity index (χ4n) is 4.10. The average Bonchev–Trinajstić information content (AvgIpc) is 2.68. The van der Waals surface area contributed by atoms with Crippen molar-refractivity contribution in [2.24, 2.45) is 5.92 Å². The predicted molar refractivity (Wildman–Crippen MR) is 108 cm³/mol. The monoisotopic (exact) mass is 369 g/mol. The van der Waals surface area contributed by atoms with Crippen molar-refractivity contribution < 1.29 is 4.39 Å². The number of anilines is 3. The normalized spacial score (nSPS) is 20.9. The lowest BCUT2D eigenvalue weighted by molar-refractivity contribution is 0.444. The highest BCUT2D eigenvalue weighted by Gasteiger charge is 2.22. The highest BCUT2D eigenvalue weighted by atomic mass is 19.1. The van der Waals surface area contributed by atoms with Gasteiger partial charge in [0, 0.05) is 51.0 Å². The number of rotatable bonds is 3. The third-order valence-corrected chi connectivity index (χ3v) is 5.59. The molecule has 0 spiro atoms. The van der Waals surface area contributed by atoms with Crippen molar-refractivity contribution in [3.8, 4) is 0 Å². The molecule has 6 heteroatoms. The zero-order chi connectivity index (χ0) is 18.8. The second kappa shape index (κ2) is 7.71. The van der Waals surface area contributed by atoms with Gasteiger partial charge in [-0.25, -0.2) is 14.4 Å². The molecule has 1 aromatic carbocycles. The van der Waals surface area contributed by atoms with Gasteiger partial charge in [0.2, 0.25) is 0 Å². The van der Waals surface area contributed by atoms with Crippen LogP contribution in [-0.4, -0.2) is 49.2 Å². The van der Waals surface area contributed by atoms with E-state index < -0.39 is 0 Å². The molecule has 1 atom stereocenters. The molecule has 1 aromatic heterocycles. The van der Waals surface area contributed by atoms with E-state index in [0.717, 1.165) is 68.3 Å². The molecule has 2 aromatic rings. The molecule has 0 amide bonds. The van der Waals surface area contributed by atoms with Crippen LogP contribution in [0, 0.1) is 18.7 Å². The highest BCUT2D eigenvalue weighted by Crippen LogP contribution is 2.26. The minimum Gasteiger partial charge on any atom is -0.368 e. The Kier molecular flexibility index (Phi) is 5.14. The first-order valence-corrected chi connectivity index (χ1v) is 9.94. The number of piperazine rings is 1. The molecule has 2 saturated heterocycles. The molecule has 2 fully saturated rings. The fraction of sp³-hybridized carbons (Fsp3) is 0.524. The Balaban J connectivity index is 1.45. The lowest BCUT2D eigenvalue weighted by Crippen LogP contribution is -2.47. The maximum Gasteiger partial charge on any atom is 0.134 e. The van der Waals surface area contributed by atoms with Crippen LogP contribution in [0.2, 0.25) is 0 Å². The minimum atomic E-state index is -0.187. The van der Waals surface area contributed by atoms with Crippen molar-refractivity contribution >= 4 is 17.3 Å². The summed E-state index contributed by atoms with van der Waals surface area (Å²) in [4.78, 5) is 16.4. The van der Waals surface area contributed by atoms with E-state index in [-0.39, 0.29) is 5.82 Å². The third kappa shape index (κ3) is 4.15. The average molecular weight is 369 g/mol. The van der Waals surface area contributed by atoms with Crippen LogP contribution in [0.5, 0.6) is 0 Å². The summed E-state index contributed by atoms with van der Waals surface area (Å²) in [6.07, 6.45) is 2.54. The molecule has 4 rings (SSSR count). The predicted octanol–water partition coefficient (Wildman–Crippen LogP) is 3.49. The zero-order valence-electron chi connectivity index (χ0n) is 16.2. The fourth-order valence-corrected chi connectivity index (χ4v) is 4.10. The first-order valence-electron chi connectivity index (χ1n) is 9.94. The number of aryl methyl sites for hydroxylation is 1. The summed E-state index contributed by atoms with van der Waals surface area (Å²) in [5, 5.41) is 0. The summed E-state index contributed by atoms with van der Waals surface area (Å²) >= 11 is 0. The largest absolute Gasteiger partial charge is 0.368 e. The van der Waals surface area contributed by atoms with Crippen molar-refractivity contribution in [2.45, 2.75) is 26.7 Å². The van der Waals surface area contributed by atoms with Gasteiger partial charge in [0.05, 0.1) is 0 Å². The molecule has 3 heterocycles. The summed E-state index contributed by atoms with van der Waals surface area (Å²) in [7, 11) is 0. The molecule has 2 aliphatic heterocycles. The number of benzene rings is 1. The topological polar surface area (TPSA) is 35.5 Å². The first kappa shape index (κ1) is 18.0. The van der Waals surface area contributed by atoms with E-state index in [0.29, 0.717) is 0 Å². The number of halogens is 1.